The largest absolute Gasteiger partial charge is 0.481 e. The summed E-state index contributed by atoms with van der Waals surface area (Å²) in [6.45, 7) is 0. The summed E-state index contributed by atoms with van der Waals surface area (Å²) >= 11 is 5.56. The SMILES string of the molecule is O=C(O)C1C(=O)N2C=C(S)CS[C@@H]12. The van der Waals surface area contributed by atoms with Crippen molar-refractivity contribution in [2.24, 2.45) is 5.92 Å². The predicted molar refractivity (Wildman–Crippen MR) is 51.3 cm³/mol. The molecule has 1 saturated heterocycles. The Morgan fingerprint density at radius 1 is 1.77 bits per heavy atom. The van der Waals surface area contributed by atoms with Crippen LogP contribution in [0.15, 0.2) is 11.1 Å². The highest BCUT2D eigenvalue weighted by molar-refractivity contribution is 8.01. The molecule has 0 bridgehead atoms. The topological polar surface area (TPSA) is 57.6 Å². The lowest BCUT2D eigenvalue weighted by Crippen LogP contribution is -2.60. The first-order valence-electron chi connectivity index (χ1n) is 3.67. The second-order valence-corrected chi connectivity index (χ2v) is 4.56. The lowest BCUT2D eigenvalue weighted by molar-refractivity contribution is -0.161. The first-order valence-corrected chi connectivity index (χ1v) is 5.17. The number of carboxylic acids is 1. The van der Waals surface area contributed by atoms with Crippen LogP contribution in [0.3, 0.4) is 0 Å². The van der Waals surface area contributed by atoms with Gasteiger partial charge in [-0.3, -0.25) is 9.59 Å². The molecule has 2 heterocycles. The van der Waals surface area contributed by atoms with E-state index in [0.717, 1.165) is 4.91 Å². The van der Waals surface area contributed by atoms with E-state index in [1.807, 2.05) is 0 Å². The third-order valence-electron chi connectivity index (χ3n) is 2.04. The number of thiol groups is 1. The van der Waals surface area contributed by atoms with Gasteiger partial charge >= 0.3 is 5.97 Å². The van der Waals surface area contributed by atoms with Crippen molar-refractivity contribution in [3.63, 3.8) is 0 Å². The molecule has 1 amide bonds. The zero-order valence-electron chi connectivity index (χ0n) is 6.51. The van der Waals surface area contributed by atoms with E-state index < -0.39 is 11.9 Å². The van der Waals surface area contributed by atoms with Gasteiger partial charge in [-0.05, 0) is 0 Å². The van der Waals surface area contributed by atoms with Crippen molar-refractivity contribution in [2.45, 2.75) is 5.37 Å². The molecule has 4 nitrogen and oxygen atoms in total. The number of hydrogen-bond donors (Lipinski definition) is 2. The molecule has 6 heteroatoms. The number of fused-ring (bicyclic) bond motifs is 1. The zero-order valence-corrected chi connectivity index (χ0v) is 8.22. The van der Waals surface area contributed by atoms with Gasteiger partial charge in [0.15, 0.2) is 5.92 Å². The van der Waals surface area contributed by atoms with Crippen molar-refractivity contribution in [1.82, 2.24) is 4.90 Å². The quantitative estimate of drug-likeness (QED) is 0.378. The van der Waals surface area contributed by atoms with E-state index in [0.29, 0.717) is 5.75 Å². The monoisotopic (exact) mass is 217 g/mol. The van der Waals surface area contributed by atoms with Crippen molar-refractivity contribution < 1.29 is 14.7 Å². The summed E-state index contributed by atoms with van der Waals surface area (Å²) in [6, 6.07) is 0. The number of thioether (sulfide) groups is 1. The molecule has 13 heavy (non-hydrogen) atoms. The van der Waals surface area contributed by atoms with Gasteiger partial charge in [0.1, 0.15) is 5.37 Å². The van der Waals surface area contributed by atoms with Crippen molar-refractivity contribution in [2.75, 3.05) is 5.75 Å². The normalized spacial score (nSPS) is 31.9. The molecule has 0 aliphatic carbocycles. The third kappa shape index (κ3) is 1.24. The average Bonchev–Trinajstić information content (AvgIpc) is 2.06. The maximum absolute atomic E-state index is 11.2. The number of β-lactam (4-membered cyclic amide) rings is 1. The molecule has 0 saturated carbocycles. The van der Waals surface area contributed by atoms with Gasteiger partial charge in [-0.1, -0.05) is 0 Å². The molecule has 2 rings (SSSR count). The number of carboxylic acid groups (broad SMARTS) is 1. The molecule has 2 aliphatic heterocycles. The summed E-state index contributed by atoms with van der Waals surface area (Å²) in [6.07, 6.45) is 1.62. The van der Waals surface area contributed by atoms with E-state index in [2.05, 4.69) is 12.6 Å². The molecule has 2 aliphatic rings. The minimum Gasteiger partial charge on any atom is -0.481 e. The Labute approximate surface area is 84.4 Å². The maximum atomic E-state index is 11.2. The Morgan fingerprint density at radius 2 is 2.46 bits per heavy atom. The van der Waals surface area contributed by atoms with Crippen LogP contribution < -0.4 is 0 Å². The summed E-state index contributed by atoms with van der Waals surface area (Å²) < 4.78 is 0. The van der Waals surface area contributed by atoms with Gasteiger partial charge in [0, 0.05) is 16.9 Å². The van der Waals surface area contributed by atoms with Crippen LogP contribution in [-0.4, -0.2) is 33.0 Å². The van der Waals surface area contributed by atoms with Crippen LogP contribution in [0, 0.1) is 5.92 Å². The average molecular weight is 217 g/mol. The van der Waals surface area contributed by atoms with E-state index in [9.17, 15) is 9.59 Å². The molecule has 1 unspecified atom stereocenters. The van der Waals surface area contributed by atoms with Crippen molar-refractivity contribution in [3.05, 3.63) is 11.1 Å². The number of carbonyl (C=O) groups is 2. The Kier molecular flexibility index (Phi) is 2.03. The van der Waals surface area contributed by atoms with Gasteiger partial charge in [0.25, 0.3) is 0 Å². The maximum Gasteiger partial charge on any atom is 0.319 e. The molecule has 1 fully saturated rings. The molecule has 0 aromatic heterocycles. The molecule has 0 radical (unpaired) electrons. The zero-order chi connectivity index (χ0) is 9.59. The van der Waals surface area contributed by atoms with Crippen LogP contribution in [0.2, 0.25) is 0 Å². The smallest absolute Gasteiger partial charge is 0.319 e. The summed E-state index contributed by atoms with van der Waals surface area (Å²) in [7, 11) is 0. The fraction of sp³-hybridized carbons (Fsp3) is 0.429. The summed E-state index contributed by atoms with van der Waals surface area (Å²) in [5.74, 6) is -1.55. The van der Waals surface area contributed by atoms with Crippen molar-refractivity contribution >= 4 is 36.3 Å². The van der Waals surface area contributed by atoms with Gasteiger partial charge < -0.3 is 10.0 Å². The highest BCUT2D eigenvalue weighted by atomic mass is 32.2. The second kappa shape index (κ2) is 2.95. The number of rotatable bonds is 1. The Hall–Kier alpha value is -0.620. The molecule has 70 valence electrons. The predicted octanol–water partition coefficient (Wildman–Crippen LogP) is 0.373. The van der Waals surface area contributed by atoms with E-state index >= 15 is 0 Å². The van der Waals surface area contributed by atoms with E-state index in [1.165, 1.54) is 16.7 Å². The highest BCUT2D eigenvalue weighted by Crippen LogP contribution is 2.40. The van der Waals surface area contributed by atoms with E-state index in [-0.39, 0.29) is 11.3 Å². The molecule has 0 aromatic rings. The van der Waals surface area contributed by atoms with Crippen LogP contribution in [0.25, 0.3) is 0 Å². The minimum atomic E-state index is -1.03. The molecule has 1 N–H and O–H groups in total. The molecule has 0 spiro atoms. The fourth-order valence-corrected chi connectivity index (χ4v) is 2.91. The first-order chi connectivity index (χ1) is 6.11. The molecule has 0 aromatic carbocycles. The van der Waals surface area contributed by atoms with E-state index in [4.69, 9.17) is 5.11 Å². The lowest BCUT2D eigenvalue weighted by Gasteiger charge is -2.44. The van der Waals surface area contributed by atoms with Crippen LogP contribution in [-0.2, 0) is 9.59 Å². The summed E-state index contributed by atoms with van der Waals surface area (Å²) in [5.41, 5.74) is 0. The molecular formula is C7H7NO3S2. The number of hydrogen-bond acceptors (Lipinski definition) is 4. The standard InChI is InChI=1S/C7H7NO3S2/c9-5-4(7(10)11)6-8(5)1-3(12)2-13-6/h1,4,6,12H,2H2,(H,10,11)/t4?,6-/m0/s1. The number of carbonyl (C=O) groups excluding carboxylic acids is 1. The summed E-state index contributed by atoms with van der Waals surface area (Å²) in [4.78, 5) is 24.1. The van der Waals surface area contributed by atoms with Crippen LogP contribution in [0.1, 0.15) is 0 Å². The summed E-state index contributed by atoms with van der Waals surface area (Å²) in [5, 5.41) is 8.49. The van der Waals surface area contributed by atoms with E-state index in [1.54, 1.807) is 6.20 Å². The van der Waals surface area contributed by atoms with Crippen LogP contribution >= 0.6 is 24.4 Å². The van der Waals surface area contributed by atoms with Gasteiger partial charge in [0.2, 0.25) is 5.91 Å². The second-order valence-electron chi connectivity index (χ2n) is 2.88. The van der Waals surface area contributed by atoms with Crippen molar-refractivity contribution in [1.29, 1.82) is 0 Å². The third-order valence-corrected chi connectivity index (χ3v) is 3.84. The van der Waals surface area contributed by atoms with Crippen LogP contribution in [0.5, 0.6) is 0 Å². The Balaban J connectivity index is 2.19. The van der Waals surface area contributed by atoms with Crippen molar-refractivity contribution in [3.8, 4) is 0 Å². The Bertz CT molecular complexity index is 315. The lowest BCUT2D eigenvalue weighted by atomic mass is 9.99. The van der Waals surface area contributed by atoms with Gasteiger partial charge in [-0.2, -0.15) is 0 Å². The number of aliphatic carboxylic acids is 1. The fourth-order valence-electron chi connectivity index (χ4n) is 1.40. The molecule has 2 atom stereocenters. The highest BCUT2D eigenvalue weighted by Gasteiger charge is 2.52. The van der Waals surface area contributed by atoms with Gasteiger partial charge in [0.05, 0.1) is 0 Å². The van der Waals surface area contributed by atoms with Crippen LogP contribution in [0.4, 0.5) is 0 Å². The number of amides is 1. The Morgan fingerprint density at radius 3 is 3.08 bits per heavy atom. The minimum absolute atomic E-state index is 0.221. The first kappa shape index (κ1) is 8.96. The number of nitrogens with zero attached hydrogens (tertiary/aromatic N) is 1. The van der Waals surface area contributed by atoms with Gasteiger partial charge in [-0.15, -0.1) is 24.4 Å². The molecular weight excluding hydrogens is 210 g/mol. The van der Waals surface area contributed by atoms with Gasteiger partial charge in [-0.25, -0.2) is 0 Å².